The summed E-state index contributed by atoms with van der Waals surface area (Å²) in [5, 5.41) is 0.521. The standard InChI is InChI=1S/C27H26BrClN2O5S/c1-6-35-26(33)23-15(4)30-27-31(24(23)19-13-17(28)7-9-21(19)34-5)25(32)22(37-27)12-16-11-18(29)8-10-20(16)36-14(2)3/h7-14,24H,6H2,1-5H3/b22-12-/t24-/m0/s1. The molecule has 3 aromatic rings. The summed E-state index contributed by atoms with van der Waals surface area (Å²) in [4.78, 5) is 32.1. The number of halogens is 2. The molecule has 10 heteroatoms. The van der Waals surface area contributed by atoms with Crippen LogP contribution in [0.15, 0.2) is 61.9 Å². The van der Waals surface area contributed by atoms with Crippen LogP contribution in [-0.4, -0.2) is 30.4 Å². The number of nitrogens with zero attached hydrogens (tertiary/aromatic N) is 2. The zero-order valence-corrected chi connectivity index (χ0v) is 24.2. The number of hydrogen-bond acceptors (Lipinski definition) is 7. The van der Waals surface area contributed by atoms with E-state index < -0.39 is 12.0 Å². The number of methoxy groups -OCH3 is 1. The lowest BCUT2D eigenvalue weighted by Crippen LogP contribution is -2.40. The third-order valence-corrected chi connectivity index (χ3v) is 7.34. The molecule has 2 aromatic carbocycles. The van der Waals surface area contributed by atoms with Crippen molar-refractivity contribution >= 4 is 50.9 Å². The summed E-state index contributed by atoms with van der Waals surface area (Å²) in [6.45, 7) is 7.52. The summed E-state index contributed by atoms with van der Waals surface area (Å²) in [7, 11) is 1.55. The first kappa shape index (κ1) is 27.2. The van der Waals surface area contributed by atoms with Crippen LogP contribution < -0.4 is 24.4 Å². The van der Waals surface area contributed by atoms with E-state index in [2.05, 4.69) is 20.9 Å². The molecule has 0 amide bonds. The minimum Gasteiger partial charge on any atom is -0.496 e. The normalized spacial score (nSPS) is 15.5. The summed E-state index contributed by atoms with van der Waals surface area (Å²) in [5.74, 6) is 0.605. The topological polar surface area (TPSA) is 79.1 Å². The lowest BCUT2D eigenvalue weighted by atomic mass is 9.95. The molecular formula is C27H26BrClN2O5S. The quantitative estimate of drug-likeness (QED) is 0.354. The molecule has 0 spiro atoms. The van der Waals surface area contributed by atoms with E-state index in [-0.39, 0.29) is 23.8 Å². The number of rotatable bonds is 7. The van der Waals surface area contributed by atoms with Crippen LogP contribution in [0.25, 0.3) is 6.08 Å². The van der Waals surface area contributed by atoms with Crippen LogP contribution in [-0.2, 0) is 9.53 Å². The molecular weight excluding hydrogens is 580 g/mol. The summed E-state index contributed by atoms with van der Waals surface area (Å²) in [5.41, 5.74) is 1.76. The maximum atomic E-state index is 13.9. The van der Waals surface area contributed by atoms with Gasteiger partial charge >= 0.3 is 5.97 Å². The Morgan fingerprint density at radius 3 is 2.65 bits per heavy atom. The highest BCUT2D eigenvalue weighted by Gasteiger charge is 2.35. The monoisotopic (exact) mass is 604 g/mol. The van der Waals surface area contributed by atoms with Gasteiger partial charge < -0.3 is 14.2 Å². The van der Waals surface area contributed by atoms with Crippen molar-refractivity contribution in [3.63, 3.8) is 0 Å². The van der Waals surface area contributed by atoms with Crippen LogP contribution in [0.5, 0.6) is 11.5 Å². The number of carbonyl (C=O) groups excluding carboxylic acids is 1. The van der Waals surface area contributed by atoms with Gasteiger partial charge in [-0.1, -0.05) is 38.9 Å². The van der Waals surface area contributed by atoms with Gasteiger partial charge in [-0.25, -0.2) is 9.79 Å². The van der Waals surface area contributed by atoms with Gasteiger partial charge in [-0.05, 0) is 70.2 Å². The Labute approximate surface area is 231 Å². The molecule has 7 nitrogen and oxygen atoms in total. The first-order valence-electron chi connectivity index (χ1n) is 11.6. The minimum absolute atomic E-state index is 0.0617. The molecule has 0 unspecified atom stereocenters. The molecule has 37 heavy (non-hydrogen) atoms. The highest BCUT2D eigenvalue weighted by atomic mass is 79.9. The predicted molar refractivity (Wildman–Crippen MR) is 148 cm³/mol. The molecule has 1 aromatic heterocycles. The fourth-order valence-electron chi connectivity index (χ4n) is 4.14. The smallest absolute Gasteiger partial charge is 0.338 e. The van der Waals surface area contributed by atoms with E-state index >= 15 is 0 Å². The van der Waals surface area contributed by atoms with Gasteiger partial charge in [-0.15, -0.1) is 0 Å². The number of esters is 1. The van der Waals surface area contributed by atoms with E-state index in [0.717, 1.165) is 4.47 Å². The Morgan fingerprint density at radius 1 is 1.24 bits per heavy atom. The summed E-state index contributed by atoms with van der Waals surface area (Å²) >= 11 is 11.0. The Kier molecular flexibility index (Phi) is 8.26. The second-order valence-electron chi connectivity index (χ2n) is 8.54. The van der Waals surface area contributed by atoms with Gasteiger partial charge in [0.25, 0.3) is 5.56 Å². The van der Waals surface area contributed by atoms with Crippen LogP contribution in [0.1, 0.15) is 44.9 Å². The highest BCUT2D eigenvalue weighted by Crippen LogP contribution is 2.37. The maximum absolute atomic E-state index is 13.9. The first-order chi connectivity index (χ1) is 17.6. The van der Waals surface area contributed by atoms with E-state index in [1.54, 1.807) is 51.3 Å². The Morgan fingerprint density at radius 2 is 1.97 bits per heavy atom. The highest BCUT2D eigenvalue weighted by molar-refractivity contribution is 9.10. The Balaban J connectivity index is 2.01. The fourth-order valence-corrected chi connectivity index (χ4v) is 5.74. The minimum atomic E-state index is -0.796. The van der Waals surface area contributed by atoms with E-state index in [0.29, 0.717) is 42.7 Å². The molecule has 194 valence electrons. The van der Waals surface area contributed by atoms with Crippen LogP contribution in [0.2, 0.25) is 5.02 Å². The third-order valence-electron chi connectivity index (χ3n) is 5.62. The SMILES string of the molecule is CCOC(=O)C1=C(C)N=c2s/c(=C\c3cc(Cl)ccc3OC(C)C)c(=O)n2[C@H]1c1cc(Br)ccc1OC. The molecule has 1 aliphatic heterocycles. The second-order valence-corrected chi connectivity index (χ2v) is 10.9. The first-order valence-corrected chi connectivity index (χ1v) is 13.6. The summed E-state index contributed by atoms with van der Waals surface area (Å²) in [6, 6.07) is 9.94. The number of fused-ring (bicyclic) bond motifs is 1. The summed E-state index contributed by atoms with van der Waals surface area (Å²) in [6.07, 6.45) is 1.68. The largest absolute Gasteiger partial charge is 0.496 e. The predicted octanol–water partition coefficient (Wildman–Crippen LogP) is 5.01. The number of thiazole rings is 1. The average Bonchev–Trinajstić information content (AvgIpc) is 3.14. The Bertz CT molecular complexity index is 1570. The van der Waals surface area contributed by atoms with Gasteiger partial charge in [0.15, 0.2) is 4.80 Å². The molecule has 0 saturated heterocycles. The number of carbonyl (C=O) groups is 1. The molecule has 0 N–H and O–H groups in total. The number of hydrogen-bond donors (Lipinski definition) is 0. The van der Waals surface area contributed by atoms with Crippen molar-refractivity contribution in [2.24, 2.45) is 4.99 Å². The van der Waals surface area contributed by atoms with E-state index in [9.17, 15) is 9.59 Å². The number of benzene rings is 2. The van der Waals surface area contributed by atoms with Crippen LogP contribution in [0.3, 0.4) is 0 Å². The Hall–Kier alpha value is -2.88. The molecule has 0 radical (unpaired) electrons. The maximum Gasteiger partial charge on any atom is 0.338 e. The lowest BCUT2D eigenvalue weighted by Gasteiger charge is -2.26. The number of aromatic nitrogens is 1. The van der Waals surface area contributed by atoms with Gasteiger partial charge in [-0.2, -0.15) is 0 Å². The molecule has 0 bridgehead atoms. The van der Waals surface area contributed by atoms with Crippen LogP contribution >= 0.6 is 38.9 Å². The zero-order valence-electron chi connectivity index (χ0n) is 21.0. The molecule has 1 aliphatic rings. The third kappa shape index (κ3) is 5.54. The molecule has 1 atom stereocenters. The second kappa shape index (κ2) is 11.2. The lowest BCUT2D eigenvalue weighted by molar-refractivity contribution is -0.139. The van der Waals surface area contributed by atoms with Gasteiger partial charge in [0.05, 0.1) is 35.6 Å². The molecule has 0 aliphatic carbocycles. The van der Waals surface area contributed by atoms with E-state index in [1.165, 1.54) is 15.9 Å². The molecule has 4 rings (SSSR count). The zero-order chi connectivity index (χ0) is 26.9. The van der Waals surface area contributed by atoms with Crippen LogP contribution in [0, 0.1) is 0 Å². The van der Waals surface area contributed by atoms with Crippen molar-refractivity contribution in [1.29, 1.82) is 0 Å². The summed E-state index contributed by atoms with van der Waals surface area (Å²) < 4.78 is 19.6. The van der Waals surface area contributed by atoms with Crippen molar-refractivity contribution in [3.05, 3.63) is 88.0 Å². The van der Waals surface area contributed by atoms with Crippen molar-refractivity contribution in [3.8, 4) is 11.5 Å². The molecule has 0 fully saturated rings. The number of ether oxygens (including phenoxy) is 3. The van der Waals surface area contributed by atoms with Gasteiger partial charge in [-0.3, -0.25) is 9.36 Å². The molecule has 2 heterocycles. The van der Waals surface area contributed by atoms with Crippen molar-refractivity contribution in [2.75, 3.05) is 13.7 Å². The van der Waals surface area contributed by atoms with Gasteiger partial charge in [0.2, 0.25) is 0 Å². The molecule has 0 saturated carbocycles. The van der Waals surface area contributed by atoms with Gasteiger partial charge in [0.1, 0.15) is 17.5 Å². The van der Waals surface area contributed by atoms with Crippen molar-refractivity contribution in [1.82, 2.24) is 4.57 Å². The van der Waals surface area contributed by atoms with E-state index in [1.807, 2.05) is 26.0 Å². The van der Waals surface area contributed by atoms with Crippen molar-refractivity contribution < 1.29 is 19.0 Å². The van der Waals surface area contributed by atoms with Crippen molar-refractivity contribution in [2.45, 2.75) is 39.8 Å². The van der Waals surface area contributed by atoms with E-state index in [4.69, 9.17) is 25.8 Å². The fraction of sp³-hybridized carbons (Fsp3) is 0.296. The van der Waals surface area contributed by atoms with Crippen LogP contribution in [0.4, 0.5) is 0 Å². The number of allylic oxidation sites excluding steroid dienone is 1. The average molecular weight is 606 g/mol. The van der Waals surface area contributed by atoms with Gasteiger partial charge in [0, 0.05) is 20.6 Å².